The predicted octanol–water partition coefficient (Wildman–Crippen LogP) is 3.08. The first kappa shape index (κ1) is 11.5. The van der Waals surface area contributed by atoms with E-state index in [9.17, 15) is 4.79 Å². The van der Waals surface area contributed by atoms with Crippen molar-refractivity contribution in [3.05, 3.63) is 12.2 Å². The number of methoxy groups -OCH3 is 1. The van der Waals surface area contributed by atoms with Crippen molar-refractivity contribution >= 4 is 14.0 Å². The first-order valence-electron chi connectivity index (χ1n) is 6.58. The second-order valence-corrected chi connectivity index (χ2v) is 12.5. The maximum Gasteiger partial charge on any atom is 0.309 e. The van der Waals surface area contributed by atoms with E-state index in [1.807, 2.05) is 0 Å². The topological polar surface area (TPSA) is 26.3 Å². The third-order valence-corrected chi connectivity index (χ3v) is 9.66. The number of fused-ring (bicyclic) bond motifs is 5. The fraction of sp³-hybridized carbons (Fsp3) is 0.786. The third kappa shape index (κ3) is 0.939. The molecule has 2 fully saturated rings. The Morgan fingerprint density at radius 1 is 1.29 bits per heavy atom. The molecule has 0 heterocycles. The SMILES string of the molecule is COC(=O)[C@@H]1[C@]2(C)[C@@H]3C=C[C@@H](C3)[C@]12[Si](C)(C)C. The highest BCUT2D eigenvalue weighted by atomic mass is 28.3. The van der Waals surface area contributed by atoms with Crippen molar-refractivity contribution in [2.45, 2.75) is 38.0 Å². The second-order valence-electron chi connectivity index (χ2n) is 7.19. The van der Waals surface area contributed by atoms with Crippen molar-refractivity contribution in [3.63, 3.8) is 0 Å². The molecule has 2 saturated carbocycles. The Morgan fingerprint density at radius 2 is 1.88 bits per heavy atom. The Balaban J connectivity index is 2.11. The van der Waals surface area contributed by atoms with Crippen LogP contribution in [0.4, 0.5) is 0 Å². The number of allylic oxidation sites excluding steroid dienone is 2. The molecule has 0 unspecified atom stereocenters. The molecule has 0 aliphatic heterocycles. The normalized spacial score (nSPS) is 50.3. The van der Waals surface area contributed by atoms with Crippen LogP contribution in [-0.2, 0) is 9.53 Å². The van der Waals surface area contributed by atoms with Crippen LogP contribution in [0.2, 0.25) is 24.7 Å². The quantitative estimate of drug-likeness (QED) is 0.428. The molecule has 0 aromatic rings. The van der Waals surface area contributed by atoms with Gasteiger partial charge in [-0.05, 0) is 28.7 Å². The smallest absolute Gasteiger partial charge is 0.309 e. The van der Waals surface area contributed by atoms with Crippen LogP contribution in [0, 0.1) is 23.2 Å². The maximum atomic E-state index is 12.1. The van der Waals surface area contributed by atoms with Crippen LogP contribution >= 0.6 is 0 Å². The summed E-state index contributed by atoms with van der Waals surface area (Å²) >= 11 is 0. The van der Waals surface area contributed by atoms with Gasteiger partial charge in [-0.1, -0.05) is 38.7 Å². The number of esters is 1. The summed E-state index contributed by atoms with van der Waals surface area (Å²) < 4.78 is 5.08. The predicted molar refractivity (Wildman–Crippen MR) is 70.4 cm³/mol. The molecular weight excluding hydrogens is 228 g/mol. The summed E-state index contributed by atoms with van der Waals surface area (Å²) in [6.07, 6.45) is 6.01. The average Bonchev–Trinajstić information content (AvgIpc) is 2.59. The van der Waals surface area contributed by atoms with Gasteiger partial charge in [-0.3, -0.25) is 4.79 Å². The fourth-order valence-corrected chi connectivity index (χ4v) is 10.1. The van der Waals surface area contributed by atoms with Crippen molar-refractivity contribution in [3.8, 4) is 0 Å². The van der Waals surface area contributed by atoms with Crippen LogP contribution in [0.3, 0.4) is 0 Å². The zero-order valence-electron chi connectivity index (χ0n) is 11.4. The Bertz CT molecular complexity index is 422. The molecule has 0 radical (unpaired) electrons. The van der Waals surface area contributed by atoms with Gasteiger partial charge in [0.1, 0.15) is 0 Å². The molecule has 17 heavy (non-hydrogen) atoms. The van der Waals surface area contributed by atoms with Gasteiger partial charge < -0.3 is 4.74 Å². The van der Waals surface area contributed by atoms with Crippen LogP contribution in [0.15, 0.2) is 12.2 Å². The summed E-state index contributed by atoms with van der Waals surface area (Å²) in [5.74, 6) is 1.44. The molecule has 0 amide bonds. The van der Waals surface area contributed by atoms with E-state index in [0.29, 0.717) is 11.8 Å². The van der Waals surface area contributed by atoms with Gasteiger partial charge in [0, 0.05) is 0 Å². The van der Waals surface area contributed by atoms with Gasteiger partial charge in [-0.15, -0.1) is 0 Å². The highest BCUT2D eigenvalue weighted by molar-refractivity contribution is 6.81. The Kier molecular flexibility index (Phi) is 1.95. The van der Waals surface area contributed by atoms with E-state index in [-0.39, 0.29) is 22.3 Å². The van der Waals surface area contributed by atoms with Crippen LogP contribution in [0.5, 0.6) is 0 Å². The van der Waals surface area contributed by atoms with Crippen molar-refractivity contribution < 1.29 is 9.53 Å². The molecule has 0 aromatic heterocycles. The summed E-state index contributed by atoms with van der Waals surface area (Å²) in [6.45, 7) is 9.59. The van der Waals surface area contributed by atoms with E-state index in [2.05, 4.69) is 38.7 Å². The van der Waals surface area contributed by atoms with Crippen LogP contribution in [-0.4, -0.2) is 21.2 Å². The van der Waals surface area contributed by atoms with Crippen molar-refractivity contribution in [1.29, 1.82) is 0 Å². The minimum absolute atomic E-state index is 0.0355. The van der Waals surface area contributed by atoms with E-state index in [1.165, 1.54) is 13.5 Å². The minimum Gasteiger partial charge on any atom is -0.469 e. The summed E-state index contributed by atoms with van der Waals surface area (Å²) in [5.41, 5.74) is 0.198. The van der Waals surface area contributed by atoms with Crippen molar-refractivity contribution in [1.82, 2.24) is 0 Å². The molecule has 3 heteroatoms. The van der Waals surface area contributed by atoms with Gasteiger partial charge in [-0.2, -0.15) is 0 Å². The molecule has 0 spiro atoms. The third-order valence-electron chi connectivity index (χ3n) is 5.98. The lowest BCUT2D eigenvalue weighted by atomic mass is 9.90. The molecule has 5 atom stereocenters. The summed E-state index contributed by atoms with van der Waals surface area (Å²) in [5, 5.41) is 0.270. The monoisotopic (exact) mass is 250 g/mol. The van der Waals surface area contributed by atoms with E-state index in [1.54, 1.807) is 0 Å². The zero-order valence-corrected chi connectivity index (χ0v) is 12.4. The second kappa shape index (κ2) is 2.87. The van der Waals surface area contributed by atoms with Crippen molar-refractivity contribution in [2.24, 2.45) is 23.2 Å². The molecule has 0 saturated heterocycles. The standard InChI is InChI=1S/C14H22O2Si/c1-13-9-6-7-10(8-9)14(13,17(3,4)5)11(13)12(15)16-2/h6-7,9-11H,8H2,1-5H3/t9-,10+,11-,13+,14+/m1/s1. The van der Waals surface area contributed by atoms with Gasteiger partial charge >= 0.3 is 5.97 Å². The van der Waals surface area contributed by atoms with Crippen LogP contribution in [0.1, 0.15) is 13.3 Å². The lowest BCUT2D eigenvalue weighted by molar-refractivity contribution is -0.143. The molecular formula is C14H22O2Si. The van der Waals surface area contributed by atoms with Gasteiger partial charge in [0.2, 0.25) is 0 Å². The van der Waals surface area contributed by atoms with E-state index in [0.717, 1.165) is 0 Å². The Hall–Kier alpha value is -0.573. The van der Waals surface area contributed by atoms with Crippen LogP contribution in [0.25, 0.3) is 0 Å². The van der Waals surface area contributed by atoms with Gasteiger partial charge in [0.15, 0.2) is 0 Å². The van der Waals surface area contributed by atoms with Crippen LogP contribution < -0.4 is 0 Å². The van der Waals surface area contributed by atoms with Gasteiger partial charge in [0.05, 0.1) is 21.1 Å². The number of hydrogen-bond donors (Lipinski definition) is 0. The Labute approximate surface area is 104 Å². The number of ether oxygens (including phenoxy) is 1. The zero-order chi connectivity index (χ0) is 12.6. The van der Waals surface area contributed by atoms with Gasteiger partial charge in [0.25, 0.3) is 0 Å². The summed E-state index contributed by atoms with van der Waals surface area (Å²) in [7, 11) is 0.140. The number of carbonyl (C=O) groups excluding carboxylic acids is 1. The molecule has 2 nitrogen and oxygen atoms in total. The van der Waals surface area contributed by atoms with Gasteiger partial charge in [-0.25, -0.2) is 0 Å². The highest BCUT2D eigenvalue weighted by Gasteiger charge is 2.88. The largest absolute Gasteiger partial charge is 0.469 e. The first-order chi connectivity index (χ1) is 7.81. The fourth-order valence-electron chi connectivity index (χ4n) is 5.63. The van der Waals surface area contributed by atoms with E-state index in [4.69, 9.17) is 4.74 Å². The maximum absolute atomic E-state index is 12.1. The lowest BCUT2D eigenvalue weighted by Gasteiger charge is -2.35. The molecule has 0 aromatic carbocycles. The molecule has 2 bridgehead atoms. The lowest BCUT2D eigenvalue weighted by Crippen LogP contribution is -2.37. The molecule has 94 valence electrons. The highest BCUT2D eigenvalue weighted by Crippen LogP contribution is 2.91. The number of hydrogen-bond acceptors (Lipinski definition) is 2. The first-order valence-corrected chi connectivity index (χ1v) is 10.1. The molecule has 0 N–H and O–H groups in total. The Morgan fingerprint density at radius 3 is 2.35 bits per heavy atom. The van der Waals surface area contributed by atoms with E-state index >= 15 is 0 Å². The van der Waals surface area contributed by atoms with E-state index < -0.39 is 8.07 Å². The summed E-state index contributed by atoms with van der Waals surface area (Å²) in [4.78, 5) is 12.1. The summed E-state index contributed by atoms with van der Waals surface area (Å²) in [6, 6.07) is 0. The molecule has 3 aliphatic rings. The number of carbonyl (C=O) groups is 1. The number of rotatable bonds is 2. The molecule has 3 aliphatic carbocycles. The average molecular weight is 250 g/mol. The minimum atomic E-state index is -1.39. The molecule has 3 rings (SSSR count). The van der Waals surface area contributed by atoms with Crippen molar-refractivity contribution in [2.75, 3.05) is 7.11 Å².